The summed E-state index contributed by atoms with van der Waals surface area (Å²) in [5, 5.41) is 7.55. The summed E-state index contributed by atoms with van der Waals surface area (Å²) >= 11 is 11.9. The summed E-state index contributed by atoms with van der Waals surface area (Å²) in [4.78, 5) is 4.09. The fourth-order valence-electron chi connectivity index (χ4n) is 1.34. The lowest BCUT2D eigenvalue weighted by Gasteiger charge is -2.12. The van der Waals surface area contributed by atoms with Crippen molar-refractivity contribution in [2.24, 2.45) is 4.99 Å². The highest BCUT2D eigenvalue weighted by Gasteiger charge is 2.02. The third kappa shape index (κ3) is 7.20. The first-order valence-corrected chi connectivity index (χ1v) is 6.30. The minimum absolute atomic E-state index is 0. The maximum atomic E-state index is 6.08. The molecule has 7 heteroatoms. The molecule has 19 heavy (non-hydrogen) atoms. The van der Waals surface area contributed by atoms with Gasteiger partial charge >= 0.3 is 0 Å². The SMILES string of the molecule is CN=C(NCCOC)NCc1ccc(Cl)cc1Cl.I. The van der Waals surface area contributed by atoms with E-state index in [4.69, 9.17) is 27.9 Å². The van der Waals surface area contributed by atoms with Crippen LogP contribution < -0.4 is 10.6 Å². The Morgan fingerprint density at radius 2 is 2.05 bits per heavy atom. The lowest BCUT2D eigenvalue weighted by molar-refractivity contribution is 0.203. The quantitative estimate of drug-likeness (QED) is 0.335. The molecule has 0 aliphatic heterocycles. The largest absolute Gasteiger partial charge is 0.383 e. The molecule has 1 aromatic rings. The molecule has 108 valence electrons. The molecule has 0 aliphatic carbocycles. The van der Waals surface area contributed by atoms with Crippen molar-refractivity contribution in [1.82, 2.24) is 10.6 Å². The highest BCUT2D eigenvalue weighted by atomic mass is 127. The Bertz CT molecular complexity index is 416. The molecule has 0 saturated carbocycles. The summed E-state index contributed by atoms with van der Waals surface area (Å²) in [6.45, 7) is 1.91. The van der Waals surface area contributed by atoms with Crippen LogP contribution in [0.1, 0.15) is 5.56 Å². The van der Waals surface area contributed by atoms with Crippen molar-refractivity contribution in [1.29, 1.82) is 0 Å². The normalized spacial score (nSPS) is 10.8. The van der Waals surface area contributed by atoms with E-state index in [-0.39, 0.29) is 24.0 Å². The van der Waals surface area contributed by atoms with E-state index >= 15 is 0 Å². The fourth-order valence-corrected chi connectivity index (χ4v) is 1.81. The van der Waals surface area contributed by atoms with Crippen LogP contribution in [-0.4, -0.2) is 33.3 Å². The standard InChI is InChI=1S/C12H17Cl2N3O.HI/c1-15-12(16-5-6-18-2)17-8-9-3-4-10(13)7-11(9)14;/h3-4,7H,5-6,8H2,1-2H3,(H2,15,16,17);1H. The Morgan fingerprint density at radius 3 is 2.63 bits per heavy atom. The van der Waals surface area contributed by atoms with Gasteiger partial charge in [-0.3, -0.25) is 4.99 Å². The number of halogens is 3. The van der Waals surface area contributed by atoms with Crippen LogP contribution >= 0.6 is 47.2 Å². The van der Waals surface area contributed by atoms with E-state index in [1.807, 2.05) is 12.1 Å². The molecule has 0 radical (unpaired) electrons. The van der Waals surface area contributed by atoms with Crippen LogP contribution in [0.2, 0.25) is 10.0 Å². The van der Waals surface area contributed by atoms with Crippen molar-refractivity contribution < 1.29 is 4.74 Å². The number of methoxy groups -OCH3 is 1. The first-order chi connectivity index (χ1) is 8.67. The molecule has 1 rings (SSSR count). The smallest absolute Gasteiger partial charge is 0.191 e. The number of aliphatic imine (C=N–C) groups is 1. The molecular formula is C12H18Cl2IN3O. The Hall–Kier alpha value is -0.240. The van der Waals surface area contributed by atoms with Gasteiger partial charge in [-0.15, -0.1) is 24.0 Å². The number of nitrogens with zero attached hydrogens (tertiary/aromatic N) is 1. The molecule has 4 nitrogen and oxygen atoms in total. The van der Waals surface area contributed by atoms with Gasteiger partial charge in [0.1, 0.15) is 0 Å². The zero-order chi connectivity index (χ0) is 13.4. The topological polar surface area (TPSA) is 45.7 Å². The fraction of sp³-hybridized carbons (Fsp3) is 0.417. The summed E-state index contributed by atoms with van der Waals surface area (Å²) in [5.74, 6) is 0.707. The highest BCUT2D eigenvalue weighted by Crippen LogP contribution is 2.20. The lowest BCUT2D eigenvalue weighted by atomic mass is 10.2. The number of nitrogens with one attached hydrogen (secondary N) is 2. The van der Waals surface area contributed by atoms with E-state index in [1.54, 1.807) is 20.2 Å². The Kier molecular flexibility index (Phi) is 10.4. The molecule has 1 aromatic carbocycles. The summed E-state index contributed by atoms with van der Waals surface area (Å²) in [6, 6.07) is 5.42. The number of hydrogen-bond donors (Lipinski definition) is 2. The van der Waals surface area contributed by atoms with E-state index in [0.29, 0.717) is 35.7 Å². The second-order valence-corrected chi connectivity index (χ2v) is 4.42. The van der Waals surface area contributed by atoms with Crippen LogP contribution in [0, 0.1) is 0 Å². The Balaban J connectivity index is 0.00000324. The minimum atomic E-state index is 0. The van der Waals surface area contributed by atoms with Crippen molar-refractivity contribution >= 4 is 53.1 Å². The first kappa shape index (κ1) is 18.8. The summed E-state index contributed by atoms with van der Waals surface area (Å²) in [6.07, 6.45) is 0. The monoisotopic (exact) mass is 417 g/mol. The first-order valence-electron chi connectivity index (χ1n) is 5.54. The number of ether oxygens (including phenoxy) is 1. The van der Waals surface area contributed by atoms with Crippen LogP contribution in [0.3, 0.4) is 0 Å². The highest BCUT2D eigenvalue weighted by molar-refractivity contribution is 14.0. The van der Waals surface area contributed by atoms with Gasteiger partial charge < -0.3 is 15.4 Å². The predicted molar refractivity (Wildman–Crippen MR) is 92.0 cm³/mol. The van der Waals surface area contributed by atoms with Crippen molar-refractivity contribution in [3.8, 4) is 0 Å². The van der Waals surface area contributed by atoms with Crippen LogP contribution in [0.15, 0.2) is 23.2 Å². The van der Waals surface area contributed by atoms with Crippen molar-refractivity contribution in [3.05, 3.63) is 33.8 Å². The third-order valence-corrected chi connectivity index (χ3v) is 2.87. The van der Waals surface area contributed by atoms with Crippen LogP contribution in [0.4, 0.5) is 0 Å². The summed E-state index contributed by atoms with van der Waals surface area (Å²) in [7, 11) is 3.37. The summed E-state index contributed by atoms with van der Waals surface area (Å²) in [5.41, 5.74) is 0.968. The van der Waals surface area contributed by atoms with Crippen LogP contribution in [0.25, 0.3) is 0 Å². The number of hydrogen-bond acceptors (Lipinski definition) is 2. The maximum absolute atomic E-state index is 6.08. The van der Waals surface area contributed by atoms with Gasteiger partial charge in [0.05, 0.1) is 6.61 Å². The average molecular weight is 418 g/mol. The van der Waals surface area contributed by atoms with Gasteiger partial charge in [0.25, 0.3) is 0 Å². The molecule has 0 spiro atoms. The molecule has 0 unspecified atom stereocenters. The van der Waals surface area contributed by atoms with Crippen molar-refractivity contribution in [3.63, 3.8) is 0 Å². The van der Waals surface area contributed by atoms with Gasteiger partial charge in [-0.1, -0.05) is 29.3 Å². The van der Waals surface area contributed by atoms with E-state index in [0.717, 1.165) is 5.56 Å². The summed E-state index contributed by atoms with van der Waals surface area (Å²) < 4.78 is 4.95. The van der Waals surface area contributed by atoms with Crippen molar-refractivity contribution in [2.75, 3.05) is 27.3 Å². The molecule has 0 bridgehead atoms. The predicted octanol–water partition coefficient (Wildman–Crippen LogP) is 2.92. The van der Waals surface area contributed by atoms with Gasteiger partial charge in [0.2, 0.25) is 0 Å². The third-order valence-electron chi connectivity index (χ3n) is 2.28. The van der Waals surface area contributed by atoms with E-state index in [1.165, 1.54) is 0 Å². The molecule has 0 aliphatic rings. The van der Waals surface area contributed by atoms with Gasteiger partial charge in [-0.2, -0.15) is 0 Å². The van der Waals surface area contributed by atoms with Crippen LogP contribution in [-0.2, 0) is 11.3 Å². The minimum Gasteiger partial charge on any atom is -0.383 e. The van der Waals surface area contributed by atoms with Crippen LogP contribution in [0.5, 0.6) is 0 Å². The molecule has 0 aromatic heterocycles. The Morgan fingerprint density at radius 1 is 1.32 bits per heavy atom. The van der Waals surface area contributed by atoms with Gasteiger partial charge in [-0.25, -0.2) is 0 Å². The lowest BCUT2D eigenvalue weighted by Crippen LogP contribution is -2.38. The maximum Gasteiger partial charge on any atom is 0.191 e. The van der Waals surface area contributed by atoms with E-state index in [9.17, 15) is 0 Å². The number of benzene rings is 1. The zero-order valence-electron chi connectivity index (χ0n) is 10.9. The molecule has 0 fully saturated rings. The Labute approximate surface area is 140 Å². The van der Waals surface area contributed by atoms with E-state index in [2.05, 4.69) is 15.6 Å². The molecule has 2 N–H and O–H groups in total. The van der Waals surface area contributed by atoms with Gasteiger partial charge in [0, 0.05) is 37.3 Å². The molecule has 0 heterocycles. The van der Waals surface area contributed by atoms with Crippen molar-refractivity contribution in [2.45, 2.75) is 6.54 Å². The zero-order valence-corrected chi connectivity index (χ0v) is 14.7. The van der Waals surface area contributed by atoms with Gasteiger partial charge in [-0.05, 0) is 17.7 Å². The second kappa shape index (κ2) is 10.5. The van der Waals surface area contributed by atoms with E-state index < -0.39 is 0 Å². The molecule has 0 atom stereocenters. The molecule has 0 amide bonds. The molecule has 0 saturated heterocycles. The molecular weight excluding hydrogens is 400 g/mol. The number of guanidine groups is 1. The number of rotatable bonds is 5. The van der Waals surface area contributed by atoms with Gasteiger partial charge in [0.15, 0.2) is 5.96 Å². The average Bonchev–Trinajstić information content (AvgIpc) is 2.35. The second-order valence-electron chi connectivity index (χ2n) is 3.58.